The number of nitrogens with zero attached hydrogens (tertiary/aromatic N) is 1. The smallest absolute Gasteiger partial charge is 0.326 e. The van der Waals surface area contributed by atoms with Gasteiger partial charge >= 0.3 is 5.97 Å². The summed E-state index contributed by atoms with van der Waals surface area (Å²) in [6.07, 6.45) is 2.83. The highest BCUT2D eigenvalue weighted by Crippen LogP contribution is 2.06. The van der Waals surface area contributed by atoms with E-state index in [1.165, 1.54) is 31.2 Å². The highest BCUT2D eigenvalue weighted by Gasteiger charge is 2.31. The first-order valence-corrected chi connectivity index (χ1v) is 11.7. The van der Waals surface area contributed by atoms with E-state index in [0.717, 1.165) is 0 Å². The van der Waals surface area contributed by atoms with Gasteiger partial charge in [0.1, 0.15) is 24.2 Å². The molecule has 1 heterocycles. The number of aromatic amines is 1. The van der Waals surface area contributed by atoms with Crippen LogP contribution >= 0.6 is 11.8 Å². The van der Waals surface area contributed by atoms with Gasteiger partial charge in [-0.1, -0.05) is 0 Å². The maximum atomic E-state index is 12.8. The van der Waals surface area contributed by atoms with Crippen LogP contribution in [0.2, 0.25) is 0 Å². The third kappa shape index (κ3) is 9.76. The number of carbonyl (C=O) groups is 5. The first-order chi connectivity index (χ1) is 16.0. The number of hydrogen-bond donors (Lipinski definition) is 8. The lowest BCUT2D eigenvalue weighted by molar-refractivity contribution is -0.142. The molecule has 0 spiro atoms. The zero-order chi connectivity index (χ0) is 25.8. The van der Waals surface area contributed by atoms with E-state index in [2.05, 4.69) is 25.9 Å². The predicted molar refractivity (Wildman–Crippen MR) is 122 cm³/mol. The number of rotatable bonds is 15. The number of imidazole rings is 1. The molecule has 0 radical (unpaired) electrons. The number of nitrogens with one attached hydrogen (secondary N) is 4. The molecule has 0 aliphatic heterocycles. The second-order valence-corrected chi connectivity index (χ2v) is 8.51. The number of nitrogens with two attached hydrogens (primary N) is 2. The molecule has 10 N–H and O–H groups in total. The molecule has 5 unspecified atom stereocenters. The van der Waals surface area contributed by atoms with E-state index in [1.807, 2.05) is 0 Å². The summed E-state index contributed by atoms with van der Waals surface area (Å²) in [5.74, 6) is -4.31. The summed E-state index contributed by atoms with van der Waals surface area (Å²) in [4.78, 5) is 67.4. The van der Waals surface area contributed by atoms with Gasteiger partial charge < -0.3 is 42.6 Å². The van der Waals surface area contributed by atoms with Crippen LogP contribution in [-0.4, -0.2) is 92.1 Å². The van der Waals surface area contributed by atoms with Crippen molar-refractivity contribution in [3.05, 3.63) is 18.2 Å². The van der Waals surface area contributed by atoms with Crippen LogP contribution in [0.5, 0.6) is 0 Å². The number of aliphatic carboxylic acids is 1. The predicted octanol–water partition coefficient (Wildman–Crippen LogP) is -3.17. The monoisotopic (exact) mass is 501 g/mol. The number of aliphatic hydroxyl groups excluding tert-OH is 1. The summed E-state index contributed by atoms with van der Waals surface area (Å²) in [7, 11) is 0. The van der Waals surface area contributed by atoms with E-state index >= 15 is 0 Å². The van der Waals surface area contributed by atoms with Gasteiger partial charge in [-0.3, -0.25) is 19.2 Å². The number of carbonyl (C=O) groups excluding carboxylic acids is 4. The molecule has 5 atom stereocenters. The van der Waals surface area contributed by atoms with Gasteiger partial charge in [0, 0.05) is 18.3 Å². The fraction of sp³-hybridized carbons (Fsp3) is 0.579. The second-order valence-electron chi connectivity index (χ2n) is 7.52. The second kappa shape index (κ2) is 14.2. The number of aromatic nitrogens is 2. The molecule has 1 rings (SSSR count). The average Bonchev–Trinajstić information content (AvgIpc) is 3.27. The summed E-state index contributed by atoms with van der Waals surface area (Å²) in [6.45, 7) is 1.28. The number of aliphatic hydroxyl groups is 1. The first-order valence-electron chi connectivity index (χ1n) is 10.3. The van der Waals surface area contributed by atoms with Crippen molar-refractivity contribution in [1.82, 2.24) is 25.9 Å². The Morgan fingerprint density at radius 3 is 2.18 bits per heavy atom. The van der Waals surface area contributed by atoms with E-state index in [1.54, 1.807) is 6.26 Å². The summed E-state index contributed by atoms with van der Waals surface area (Å²) >= 11 is 1.39. The normalized spacial score (nSPS) is 15.3. The lowest BCUT2D eigenvalue weighted by atomic mass is 10.1. The molecule has 15 heteroatoms. The summed E-state index contributed by atoms with van der Waals surface area (Å²) < 4.78 is 0. The molecule has 0 saturated heterocycles. The largest absolute Gasteiger partial charge is 0.480 e. The Morgan fingerprint density at radius 1 is 1.09 bits per heavy atom. The van der Waals surface area contributed by atoms with Gasteiger partial charge in [-0.05, 0) is 25.4 Å². The number of H-pyrrole nitrogens is 1. The van der Waals surface area contributed by atoms with Gasteiger partial charge in [0.2, 0.25) is 23.6 Å². The van der Waals surface area contributed by atoms with Crippen LogP contribution in [0.4, 0.5) is 0 Å². The van der Waals surface area contributed by atoms with Crippen molar-refractivity contribution < 1.29 is 34.2 Å². The van der Waals surface area contributed by atoms with Crippen LogP contribution in [0.3, 0.4) is 0 Å². The van der Waals surface area contributed by atoms with E-state index in [4.69, 9.17) is 11.5 Å². The molecule has 4 amide bonds. The van der Waals surface area contributed by atoms with Crippen molar-refractivity contribution in [2.45, 2.75) is 56.5 Å². The molecule has 0 aliphatic rings. The van der Waals surface area contributed by atoms with Crippen molar-refractivity contribution >= 4 is 41.4 Å². The molecule has 0 bridgehead atoms. The Kier molecular flexibility index (Phi) is 12.0. The standard InChI is InChI=1S/C19H31N7O7S/c1-9(27)15(21)18(31)25-12(6-14(20)28)17(30)24-11(3-4-34-2)16(29)26-13(19(32)33)5-10-7-22-8-23-10/h7-9,11-13,15,27H,3-6,21H2,1-2H3,(H2,20,28)(H,22,23)(H,24,30)(H,25,31)(H,26,29)(H,32,33). The minimum atomic E-state index is -1.46. The number of carboxylic acids is 1. The number of primary amides is 1. The molecule has 190 valence electrons. The van der Waals surface area contributed by atoms with Crippen LogP contribution in [0.25, 0.3) is 0 Å². The van der Waals surface area contributed by atoms with E-state index < -0.39 is 66.3 Å². The molecule has 1 aromatic rings. The Labute approximate surface area is 200 Å². The Balaban J connectivity index is 2.97. The molecule has 0 fully saturated rings. The SMILES string of the molecule is CSCCC(NC(=O)C(CC(N)=O)NC(=O)C(N)C(C)O)C(=O)NC(Cc1cnc[nH]1)C(=O)O. The minimum absolute atomic E-state index is 0.0676. The van der Waals surface area contributed by atoms with Crippen molar-refractivity contribution in [2.24, 2.45) is 11.5 Å². The van der Waals surface area contributed by atoms with Crippen molar-refractivity contribution in [3.8, 4) is 0 Å². The van der Waals surface area contributed by atoms with E-state index in [-0.39, 0.29) is 12.8 Å². The van der Waals surface area contributed by atoms with Crippen LogP contribution in [0, 0.1) is 0 Å². The fourth-order valence-corrected chi connectivity index (χ4v) is 3.23. The molecule has 0 saturated carbocycles. The van der Waals surface area contributed by atoms with Gasteiger partial charge in [0.25, 0.3) is 0 Å². The highest BCUT2D eigenvalue weighted by atomic mass is 32.2. The lowest BCUT2D eigenvalue weighted by Crippen LogP contribution is -2.59. The van der Waals surface area contributed by atoms with Gasteiger partial charge in [-0.2, -0.15) is 11.8 Å². The summed E-state index contributed by atoms with van der Waals surface area (Å²) in [5.41, 5.74) is 11.2. The zero-order valence-electron chi connectivity index (χ0n) is 18.8. The van der Waals surface area contributed by atoms with Crippen molar-refractivity contribution in [1.29, 1.82) is 0 Å². The van der Waals surface area contributed by atoms with Crippen molar-refractivity contribution in [2.75, 3.05) is 12.0 Å². The van der Waals surface area contributed by atoms with E-state index in [9.17, 15) is 34.2 Å². The first kappa shape index (κ1) is 28.9. The summed E-state index contributed by atoms with van der Waals surface area (Å²) in [6, 6.07) is -5.29. The number of hydrogen-bond acceptors (Lipinski definition) is 9. The lowest BCUT2D eigenvalue weighted by Gasteiger charge is -2.25. The van der Waals surface area contributed by atoms with Crippen LogP contribution in [0.1, 0.15) is 25.5 Å². The molecule has 0 aliphatic carbocycles. The van der Waals surface area contributed by atoms with Gasteiger partial charge in [0.15, 0.2) is 0 Å². The van der Waals surface area contributed by atoms with Gasteiger partial charge in [0.05, 0.1) is 18.9 Å². The van der Waals surface area contributed by atoms with Gasteiger partial charge in [-0.25, -0.2) is 9.78 Å². The molecule has 14 nitrogen and oxygen atoms in total. The summed E-state index contributed by atoms with van der Waals surface area (Å²) in [5, 5.41) is 26.0. The molecule has 34 heavy (non-hydrogen) atoms. The van der Waals surface area contributed by atoms with Crippen LogP contribution < -0.4 is 27.4 Å². The van der Waals surface area contributed by atoms with Crippen LogP contribution in [-0.2, 0) is 30.4 Å². The van der Waals surface area contributed by atoms with Gasteiger partial charge in [-0.15, -0.1) is 0 Å². The third-order valence-corrected chi connectivity index (χ3v) is 5.34. The molecule has 0 aromatic carbocycles. The average molecular weight is 502 g/mol. The molecule has 1 aromatic heterocycles. The quantitative estimate of drug-likeness (QED) is 0.120. The minimum Gasteiger partial charge on any atom is -0.480 e. The Bertz CT molecular complexity index is 850. The third-order valence-electron chi connectivity index (χ3n) is 4.70. The molecular formula is C19H31N7O7S. The zero-order valence-corrected chi connectivity index (χ0v) is 19.6. The van der Waals surface area contributed by atoms with Crippen LogP contribution in [0.15, 0.2) is 12.5 Å². The topological polar surface area (TPSA) is 243 Å². The number of thioether (sulfide) groups is 1. The number of carboxylic acid groups (broad SMARTS) is 1. The fourth-order valence-electron chi connectivity index (χ4n) is 2.76. The Hall–Kier alpha value is -3.17. The maximum Gasteiger partial charge on any atom is 0.326 e. The van der Waals surface area contributed by atoms with E-state index in [0.29, 0.717) is 11.4 Å². The Morgan fingerprint density at radius 2 is 1.68 bits per heavy atom. The van der Waals surface area contributed by atoms with Crippen molar-refractivity contribution in [3.63, 3.8) is 0 Å². The molecular weight excluding hydrogens is 470 g/mol. The number of amides is 4. The highest BCUT2D eigenvalue weighted by molar-refractivity contribution is 7.98. The maximum absolute atomic E-state index is 12.8.